The third kappa shape index (κ3) is 1.56. The number of aryl methyl sites for hydroxylation is 1. The van der Waals surface area contributed by atoms with Crippen molar-refractivity contribution in [3.05, 3.63) is 38.8 Å². The molecule has 0 aliphatic rings. The molecule has 0 aliphatic carbocycles. The van der Waals surface area contributed by atoms with Crippen LogP contribution in [0.5, 0.6) is 0 Å². The molecular weight excluding hydrogens is 196 g/mol. The van der Waals surface area contributed by atoms with Gasteiger partial charge in [-0.2, -0.15) is 0 Å². The Bertz CT molecular complexity index is 496. The molecule has 14 heavy (non-hydrogen) atoms. The molecule has 0 bridgehead atoms. The van der Waals surface area contributed by atoms with Crippen LogP contribution >= 0.6 is 11.3 Å². The van der Waals surface area contributed by atoms with Gasteiger partial charge < -0.3 is 10.7 Å². The maximum absolute atomic E-state index is 11.1. The maximum Gasteiger partial charge on any atom is 0.305 e. The van der Waals surface area contributed by atoms with Gasteiger partial charge in [0.05, 0.1) is 5.69 Å². The quantitative estimate of drug-likeness (QED) is 0.701. The van der Waals surface area contributed by atoms with Gasteiger partial charge in [-0.25, -0.2) is 0 Å². The summed E-state index contributed by atoms with van der Waals surface area (Å²) < 4.78 is 0. The van der Waals surface area contributed by atoms with E-state index in [1.165, 1.54) is 11.3 Å². The van der Waals surface area contributed by atoms with Crippen molar-refractivity contribution in [3.8, 4) is 11.3 Å². The summed E-state index contributed by atoms with van der Waals surface area (Å²) in [6, 6.07) is 7.45. The third-order valence-electron chi connectivity index (χ3n) is 2.02. The molecule has 4 heteroatoms. The molecule has 72 valence electrons. The number of nitrogens with two attached hydrogens (primary N) is 1. The fourth-order valence-corrected chi connectivity index (χ4v) is 2.03. The molecule has 0 aliphatic heterocycles. The van der Waals surface area contributed by atoms with Crippen LogP contribution in [-0.4, -0.2) is 4.98 Å². The lowest BCUT2D eigenvalue weighted by molar-refractivity contribution is 1.32. The zero-order valence-corrected chi connectivity index (χ0v) is 8.52. The number of thiazole rings is 1. The lowest BCUT2D eigenvalue weighted by atomic mass is 10.1. The molecule has 0 unspecified atom stereocenters. The van der Waals surface area contributed by atoms with Gasteiger partial charge in [0.1, 0.15) is 0 Å². The number of rotatable bonds is 1. The molecule has 1 aromatic carbocycles. The minimum atomic E-state index is -0.0191. The molecule has 1 aromatic heterocycles. The van der Waals surface area contributed by atoms with Crippen LogP contribution in [0, 0.1) is 6.92 Å². The van der Waals surface area contributed by atoms with E-state index in [0.717, 1.165) is 21.8 Å². The first-order chi connectivity index (χ1) is 6.66. The summed E-state index contributed by atoms with van der Waals surface area (Å²) in [5.41, 5.74) is 8.19. The number of anilines is 1. The van der Waals surface area contributed by atoms with Gasteiger partial charge in [0.15, 0.2) is 0 Å². The van der Waals surface area contributed by atoms with Crippen LogP contribution < -0.4 is 10.6 Å². The Morgan fingerprint density at radius 2 is 1.93 bits per heavy atom. The highest BCUT2D eigenvalue weighted by Gasteiger charge is 2.05. The second-order valence-electron chi connectivity index (χ2n) is 3.07. The molecule has 0 radical (unpaired) electrons. The fourth-order valence-electron chi connectivity index (χ4n) is 1.33. The smallest absolute Gasteiger partial charge is 0.305 e. The minimum Gasteiger partial charge on any atom is -0.399 e. The first-order valence-electron chi connectivity index (χ1n) is 4.22. The molecule has 3 nitrogen and oxygen atoms in total. The first-order valence-corrected chi connectivity index (χ1v) is 5.04. The molecule has 0 amide bonds. The van der Waals surface area contributed by atoms with Gasteiger partial charge >= 0.3 is 4.87 Å². The Morgan fingerprint density at radius 1 is 1.29 bits per heavy atom. The number of aromatic nitrogens is 1. The Hall–Kier alpha value is -1.55. The summed E-state index contributed by atoms with van der Waals surface area (Å²) in [5.74, 6) is 0. The van der Waals surface area contributed by atoms with E-state index in [-0.39, 0.29) is 4.87 Å². The van der Waals surface area contributed by atoms with Crippen LogP contribution in [0.15, 0.2) is 29.1 Å². The van der Waals surface area contributed by atoms with Crippen LogP contribution in [0.1, 0.15) is 4.88 Å². The number of nitrogen functional groups attached to an aromatic ring is 1. The van der Waals surface area contributed by atoms with Crippen molar-refractivity contribution in [2.45, 2.75) is 6.92 Å². The number of aromatic amines is 1. The lowest BCUT2D eigenvalue weighted by Crippen LogP contribution is -1.92. The van der Waals surface area contributed by atoms with Crippen molar-refractivity contribution in [2.75, 3.05) is 5.73 Å². The van der Waals surface area contributed by atoms with E-state index < -0.39 is 0 Å². The Morgan fingerprint density at radius 3 is 2.43 bits per heavy atom. The fraction of sp³-hybridized carbons (Fsp3) is 0.100. The van der Waals surface area contributed by atoms with Crippen molar-refractivity contribution < 1.29 is 0 Å². The van der Waals surface area contributed by atoms with Gasteiger partial charge in [-0.3, -0.25) is 4.79 Å². The van der Waals surface area contributed by atoms with Gasteiger partial charge in [0.25, 0.3) is 0 Å². The average Bonchev–Trinajstić information content (AvgIpc) is 2.47. The normalized spacial score (nSPS) is 10.4. The van der Waals surface area contributed by atoms with Crippen molar-refractivity contribution in [1.82, 2.24) is 4.98 Å². The van der Waals surface area contributed by atoms with E-state index >= 15 is 0 Å². The number of benzene rings is 1. The van der Waals surface area contributed by atoms with Crippen LogP contribution in [0.4, 0.5) is 5.69 Å². The first kappa shape index (κ1) is 9.02. The summed E-state index contributed by atoms with van der Waals surface area (Å²) >= 11 is 1.23. The summed E-state index contributed by atoms with van der Waals surface area (Å²) in [6.45, 7) is 1.92. The molecule has 3 N–H and O–H groups in total. The van der Waals surface area contributed by atoms with Crippen molar-refractivity contribution in [2.24, 2.45) is 0 Å². The van der Waals surface area contributed by atoms with E-state index in [2.05, 4.69) is 4.98 Å². The average molecular weight is 206 g/mol. The van der Waals surface area contributed by atoms with E-state index in [0.29, 0.717) is 0 Å². The summed E-state index contributed by atoms with van der Waals surface area (Å²) in [4.78, 5) is 14.9. The highest BCUT2D eigenvalue weighted by Crippen LogP contribution is 2.22. The van der Waals surface area contributed by atoms with Crippen LogP contribution in [0.3, 0.4) is 0 Å². The summed E-state index contributed by atoms with van der Waals surface area (Å²) in [6.07, 6.45) is 0. The van der Waals surface area contributed by atoms with E-state index in [9.17, 15) is 4.79 Å². The number of H-pyrrole nitrogens is 1. The summed E-state index contributed by atoms with van der Waals surface area (Å²) in [7, 11) is 0. The van der Waals surface area contributed by atoms with E-state index in [1.54, 1.807) is 0 Å². The molecule has 0 atom stereocenters. The monoisotopic (exact) mass is 206 g/mol. The van der Waals surface area contributed by atoms with Crippen molar-refractivity contribution in [3.63, 3.8) is 0 Å². The predicted octanol–water partition coefficient (Wildman–Crippen LogP) is 1.99. The Balaban J connectivity index is 2.54. The number of nitrogens with one attached hydrogen (secondary N) is 1. The number of hydrogen-bond acceptors (Lipinski definition) is 3. The van der Waals surface area contributed by atoms with Crippen LogP contribution in [0.2, 0.25) is 0 Å². The van der Waals surface area contributed by atoms with Gasteiger partial charge in [0.2, 0.25) is 0 Å². The molecule has 1 heterocycles. The van der Waals surface area contributed by atoms with E-state index in [1.807, 2.05) is 31.2 Å². The molecule has 2 rings (SSSR count). The largest absolute Gasteiger partial charge is 0.399 e. The number of hydrogen-bond donors (Lipinski definition) is 2. The molecule has 0 saturated carbocycles. The molecular formula is C10H10N2OS. The van der Waals surface area contributed by atoms with E-state index in [4.69, 9.17) is 5.73 Å². The van der Waals surface area contributed by atoms with Crippen molar-refractivity contribution >= 4 is 17.0 Å². The summed E-state index contributed by atoms with van der Waals surface area (Å²) in [5, 5.41) is 0. The zero-order valence-electron chi connectivity index (χ0n) is 7.70. The molecule has 0 spiro atoms. The van der Waals surface area contributed by atoms with Gasteiger partial charge in [-0.1, -0.05) is 23.5 Å². The van der Waals surface area contributed by atoms with Crippen LogP contribution in [-0.2, 0) is 0 Å². The Kier molecular flexibility index (Phi) is 2.13. The van der Waals surface area contributed by atoms with Crippen LogP contribution in [0.25, 0.3) is 11.3 Å². The molecule has 2 aromatic rings. The van der Waals surface area contributed by atoms with Gasteiger partial charge in [-0.05, 0) is 24.6 Å². The lowest BCUT2D eigenvalue weighted by Gasteiger charge is -1.99. The predicted molar refractivity (Wildman–Crippen MR) is 59.5 cm³/mol. The highest BCUT2D eigenvalue weighted by atomic mass is 32.1. The molecule has 0 fully saturated rings. The third-order valence-corrected chi connectivity index (χ3v) is 2.82. The van der Waals surface area contributed by atoms with Crippen molar-refractivity contribution in [1.29, 1.82) is 0 Å². The van der Waals surface area contributed by atoms with Gasteiger partial charge in [-0.15, -0.1) is 0 Å². The highest BCUT2D eigenvalue weighted by molar-refractivity contribution is 7.09. The second-order valence-corrected chi connectivity index (χ2v) is 4.26. The minimum absolute atomic E-state index is 0.0191. The standard InChI is InChI=1S/C10H10N2OS/c1-6-9(12-10(13)14-6)7-2-4-8(11)5-3-7/h2-5H,11H2,1H3,(H,12,13). The second kappa shape index (κ2) is 3.31. The maximum atomic E-state index is 11.1. The zero-order chi connectivity index (χ0) is 10.1. The molecule has 0 saturated heterocycles. The Labute approximate surface area is 85.2 Å². The SMILES string of the molecule is Cc1sc(=O)[nH]c1-c1ccc(N)cc1. The van der Waals surface area contributed by atoms with Gasteiger partial charge in [0, 0.05) is 10.6 Å². The topological polar surface area (TPSA) is 58.9 Å².